The maximum Gasteiger partial charge on any atom is 0.165 e. The van der Waals surface area contributed by atoms with Crippen molar-refractivity contribution >= 4 is 41.8 Å². The molecule has 4 heterocycles. The highest BCUT2D eigenvalue weighted by atomic mass is 35.5. The lowest BCUT2D eigenvalue weighted by molar-refractivity contribution is 0.582. The Morgan fingerprint density at radius 1 is 1.13 bits per heavy atom. The summed E-state index contributed by atoms with van der Waals surface area (Å²) in [5, 5.41) is 6.89. The number of nitrogens with zero attached hydrogens (tertiary/aromatic N) is 5. The Morgan fingerprint density at radius 2 is 1.91 bits per heavy atom. The highest BCUT2D eigenvalue weighted by Gasteiger charge is 2.25. The van der Waals surface area contributed by atoms with E-state index in [4.69, 9.17) is 4.98 Å². The molecule has 0 saturated carbocycles. The van der Waals surface area contributed by atoms with Gasteiger partial charge in [-0.3, -0.25) is 0 Å². The molecule has 9 heteroatoms. The van der Waals surface area contributed by atoms with Gasteiger partial charge in [-0.15, -0.1) is 24.8 Å². The van der Waals surface area contributed by atoms with E-state index in [1.807, 2.05) is 0 Å². The third-order valence-electron chi connectivity index (χ3n) is 4.46. The molecule has 2 aromatic heterocycles. The van der Waals surface area contributed by atoms with Crippen LogP contribution in [0.2, 0.25) is 0 Å². The maximum absolute atomic E-state index is 4.88. The van der Waals surface area contributed by atoms with Crippen LogP contribution in [0, 0.1) is 0 Å². The third kappa shape index (κ3) is 3.24. The minimum atomic E-state index is 0. The fourth-order valence-electron chi connectivity index (χ4n) is 3.33. The number of anilines is 1. The average molecular weight is 360 g/mol. The van der Waals surface area contributed by atoms with E-state index < -0.39 is 0 Å². The van der Waals surface area contributed by atoms with Crippen LogP contribution in [0.3, 0.4) is 0 Å². The van der Waals surface area contributed by atoms with Crippen LogP contribution in [0.5, 0.6) is 0 Å². The largest absolute Gasteiger partial charge is 0.352 e. The SMILES string of the molecule is Cl.Cl.Cn1c(C2CCCN2)nc2c(N3CCNCC3)ncnc21. The summed E-state index contributed by atoms with van der Waals surface area (Å²) in [6, 6.07) is 0.347. The number of halogens is 2. The molecule has 2 aliphatic rings. The quantitative estimate of drug-likeness (QED) is 0.834. The van der Waals surface area contributed by atoms with Gasteiger partial charge in [-0.25, -0.2) is 15.0 Å². The highest BCUT2D eigenvalue weighted by Crippen LogP contribution is 2.28. The van der Waals surface area contributed by atoms with E-state index in [-0.39, 0.29) is 24.8 Å². The number of piperazine rings is 1. The summed E-state index contributed by atoms with van der Waals surface area (Å²) >= 11 is 0. The smallest absolute Gasteiger partial charge is 0.165 e. The number of aryl methyl sites for hydroxylation is 1. The molecule has 2 N–H and O–H groups in total. The van der Waals surface area contributed by atoms with E-state index >= 15 is 0 Å². The summed E-state index contributed by atoms with van der Waals surface area (Å²) in [6.45, 7) is 5.01. The van der Waals surface area contributed by atoms with Gasteiger partial charge in [0, 0.05) is 33.2 Å². The molecule has 0 aliphatic carbocycles. The van der Waals surface area contributed by atoms with Gasteiger partial charge in [-0.2, -0.15) is 0 Å². The standard InChI is InChI=1S/C14H21N7.2ClH/c1-20-12(10-3-2-4-16-10)19-11-13(20)17-9-18-14(11)21-7-5-15-6-8-21;;/h9-10,15-16H,2-8H2,1H3;2*1H. The molecule has 2 saturated heterocycles. The molecule has 128 valence electrons. The number of fused-ring (bicyclic) bond motifs is 1. The molecule has 0 spiro atoms. The molecule has 1 atom stereocenters. The Hall–Kier alpha value is -1.15. The molecule has 1 unspecified atom stereocenters. The van der Waals surface area contributed by atoms with E-state index in [1.54, 1.807) is 6.33 Å². The van der Waals surface area contributed by atoms with Crippen molar-refractivity contribution in [2.75, 3.05) is 37.6 Å². The lowest BCUT2D eigenvalue weighted by Crippen LogP contribution is -2.44. The van der Waals surface area contributed by atoms with Gasteiger partial charge in [-0.05, 0) is 19.4 Å². The van der Waals surface area contributed by atoms with Crippen molar-refractivity contribution in [1.29, 1.82) is 0 Å². The summed E-state index contributed by atoms with van der Waals surface area (Å²) in [5.74, 6) is 2.06. The van der Waals surface area contributed by atoms with Gasteiger partial charge in [0.15, 0.2) is 17.0 Å². The van der Waals surface area contributed by atoms with Crippen molar-refractivity contribution in [1.82, 2.24) is 30.2 Å². The van der Waals surface area contributed by atoms with Crippen LogP contribution in [-0.4, -0.2) is 52.2 Å². The molecule has 0 radical (unpaired) electrons. The van der Waals surface area contributed by atoms with Crippen molar-refractivity contribution in [3.05, 3.63) is 12.2 Å². The van der Waals surface area contributed by atoms with Crippen LogP contribution < -0.4 is 15.5 Å². The first-order valence-electron chi connectivity index (χ1n) is 7.71. The zero-order chi connectivity index (χ0) is 14.2. The molecule has 2 aromatic rings. The second-order valence-corrected chi connectivity index (χ2v) is 5.78. The lowest BCUT2D eigenvalue weighted by Gasteiger charge is -2.28. The topological polar surface area (TPSA) is 70.9 Å². The monoisotopic (exact) mass is 359 g/mol. The number of hydrogen-bond donors (Lipinski definition) is 2. The first-order chi connectivity index (χ1) is 10.3. The summed E-state index contributed by atoms with van der Waals surface area (Å²) in [4.78, 5) is 16.1. The van der Waals surface area contributed by atoms with E-state index in [1.165, 1.54) is 6.42 Å². The van der Waals surface area contributed by atoms with Gasteiger partial charge >= 0.3 is 0 Å². The number of aromatic nitrogens is 4. The third-order valence-corrected chi connectivity index (χ3v) is 4.46. The van der Waals surface area contributed by atoms with Crippen LogP contribution >= 0.6 is 24.8 Å². The fraction of sp³-hybridized carbons (Fsp3) is 0.643. The van der Waals surface area contributed by atoms with E-state index in [0.717, 1.165) is 62.0 Å². The second-order valence-electron chi connectivity index (χ2n) is 5.78. The normalized spacial score (nSPS) is 21.1. The Bertz CT molecular complexity index is 648. The first kappa shape index (κ1) is 18.2. The van der Waals surface area contributed by atoms with Crippen LogP contribution in [-0.2, 0) is 7.05 Å². The Labute approximate surface area is 148 Å². The predicted molar refractivity (Wildman–Crippen MR) is 95.9 cm³/mol. The molecule has 2 aliphatic heterocycles. The van der Waals surface area contributed by atoms with Crippen LogP contribution in [0.1, 0.15) is 24.7 Å². The van der Waals surface area contributed by atoms with Gasteiger partial charge in [0.1, 0.15) is 12.2 Å². The van der Waals surface area contributed by atoms with E-state index in [0.29, 0.717) is 6.04 Å². The van der Waals surface area contributed by atoms with Gasteiger partial charge in [0.05, 0.1) is 6.04 Å². The first-order valence-corrected chi connectivity index (χ1v) is 7.71. The number of hydrogen-bond acceptors (Lipinski definition) is 6. The fourth-order valence-corrected chi connectivity index (χ4v) is 3.33. The van der Waals surface area contributed by atoms with Crippen LogP contribution in [0.4, 0.5) is 5.82 Å². The molecule has 0 aromatic carbocycles. The molecule has 0 bridgehead atoms. The van der Waals surface area contributed by atoms with Crippen LogP contribution in [0.15, 0.2) is 6.33 Å². The summed E-state index contributed by atoms with van der Waals surface area (Å²) < 4.78 is 2.12. The van der Waals surface area contributed by atoms with E-state index in [9.17, 15) is 0 Å². The van der Waals surface area contributed by atoms with Gasteiger partial charge in [0.25, 0.3) is 0 Å². The second kappa shape index (κ2) is 7.61. The zero-order valence-corrected chi connectivity index (χ0v) is 14.8. The lowest BCUT2D eigenvalue weighted by atomic mass is 10.2. The van der Waals surface area contributed by atoms with Gasteiger partial charge in [0.2, 0.25) is 0 Å². The number of nitrogens with one attached hydrogen (secondary N) is 2. The predicted octanol–water partition coefficient (Wildman–Crippen LogP) is 1.04. The maximum atomic E-state index is 4.88. The molecule has 7 nitrogen and oxygen atoms in total. The number of rotatable bonds is 2. The van der Waals surface area contributed by atoms with Crippen LogP contribution in [0.25, 0.3) is 11.2 Å². The number of imidazole rings is 1. The van der Waals surface area contributed by atoms with Gasteiger partial charge in [-0.1, -0.05) is 0 Å². The highest BCUT2D eigenvalue weighted by molar-refractivity contribution is 5.85. The molecular formula is C14H23Cl2N7. The minimum Gasteiger partial charge on any atom is -0.352 e. The zero-order valence-electron chi connectivity index (χ0n) is 13.2. The van der Waals surface area contributed by atoms with E-state index in [2.05, 4.69) is 37.1 Å². The Kier molecular flexibility index (Phi) is 6.02. The van der Waals surface area contributed by atoms with Gasteiger partial charge < -0.3 is 20.1 Å². The molecule has 0 amide bonds. The van der Waals surface area contributed by atoms with Crippen molar-refractivity contribution in [3.63, 3.8) is 0 Å². The van der Waals surface area contributed by atoms with Crippen molar-refractivity contribution in [3.8, 4) is 0 Å². The molecule has 23 heavy (non-hydrogen) atoms. The molecular weight excluding hydrogens is 337 g/mol. The minimum absolute atomic E-state index is 0. The summed E-state index contributed by atoms with van der Waals surface area (Å²) in [7, 11) is 2.05. The Balaban J connectivity index is 0.000000960. The Morgan fingerprint density at radius 3 is 2.61 bits per heavy atom. The van der Waals surface area contributed by atoms with Crippen molar-refractivity contribution < 1.29 is 0 Å². The average Bonchev–Trinajstić information content (AvgIpc) is 3.16. The summed E-state index contributed by atoms with van der Waals surface area (Å²) in [5.41, 5.74) is 1.87. The van der Waals surface area contributed by atoms with Crippen molar-refractivity contribution in [2.24, 2.45) is 7.05 Å². The molecule has 2 fully saturated rings. The summed E-state index contributed by atoms with van der Waals surface area (Å²) in [6.07, 6.45) is 4.02. The van der Waals surface area contributed by atoms with Crippen molar-refractivity contribution in [2.45, 2.75) is 18.9 Å². The molecule has 4 rings (SSSR count).